The molecule has 1 unspecified atom stereocenters. The average molecular weight is 434 g/mol. The van der Waals surface area contributed by atoms with Gasteiger partial charge in [-0.2, -0.15) is 0 Å². The summed E-state index contributed by atoms with van der Waals surface area (Å²) in [4.78, 5) is 28.8. The van der Waals surface area contributed by atoms with Gasteiger partial charge in [-0.15, -0.1) is 0 Å². The lowest BCUT2D eigenvalue weighted by molar-refractivity contribution is 0.0950. The van der Waals surface area contributed by atoms with Crippen molar-refractivity contribution < 1.29 is 9.53 Å². The fourth-order valence-electron chi connectivity index (χ4n) is 4.49. The molecule has 1 saturated heterocycles. The number of piperidine rings is 1. The molecule has 1 atom stereocenters. The van der Waals surface area contributed by atoms with E-state index in [0.29, 0.717) is 40.4 Å². The van der Waals surface area contributed by atoms with E-state index in [-0.39, 0.29) is 11.5 Å². The second-order valence-electron chi connectivity index (χ2n) is 8.46. The molecule has 3 aromatic rings. The highest BCUT2D eigenvalue weighted by atomic mass is 16.5. The van der Waals surface area contributed by atoms with E-state index in [4.69, 9.17) is 4.74 Å². The van der Waals surface area contributed by atoms with Crippen LogP contribution in [0.3, 0.4) is 0 Å². The molecule has 0 spiro atoms. The van der Waals surface area contributed by atoms with E-state index in [0.717, 1.165) is 19.5 Å². The first-order valence-corrected chi connectivity index (χ1v) is 11.4. The first kappa shape index (κ1) is 22.1. The van der Waals surface area contributed by atoms with Gasteiger partial charge in [-0.1, -0.05) is 30.7 Å². The Kier molecular flexibility index (Phi) is 6.90. The Morgan fingerprint density at radius 3 is 2.72 bits per heavy atom. The van der Waals surface area contributed by atoms with Crippen molar-refractivity contribution in [2.45, 2.75) is 38.6 Å². The van der Waals surface area contributed by atoms with Crippen LogP contribution in [0.25, 0.3) is 16.5 Å². The zero-order valence-electron chi connectivity index (χ0n) is 18.8. The minimum atomic E-state index is -0.163. The summed E-state index contributed by atoms with van der Waals surface area (Å²) in [5.74, 6) is 0.491. The molecule has 6 nitrogen and oxygen atoms in total. The predicted molar refractivity (Wildman–Crippen MR) is 128 cm³/mol. The normalized spacial score (nSPS) is 16.8. The van der Waals surface area contributed by atoms with Crippen LogP contribution in [0.15, 0.2) is 59.5 Å². The summed E-state index contributed by atoms with van der Waals surface area (Å²) in [7, 11) is 1.59. The molecule has 32 heavy (non-hydrogen) atoms. The lowest BCUT2D eigenvalue weighted by Gasteiger charge is -2.33. The molecule has 168 valence electrons. The molecule has 0 bridgehead atoms. The van der Waals surface area contributed by atoms with Gasteiger partial charge in [0.25, 0.3) is 11.5 Å². The van der Waals surface area contributed by atoms with Crippen LogP contribution in [0, 0.1) is 0 Å². The van der Waals surface area contributed by atoms with Crippen LogP contribution in [0.5, 0.6) is 5.75 Å². The topological polar surface area (TPSA) is 63.6 Å². The van der Waals surface area contributed by atoms with Crippen LogP contribution in [0.4, 0.5) is 0 Å². The Morgan fingerprint density at radius 2 is 1.94 bits per heavy atom. The molecule has 6 heteroatoms. The van der Waals surface area contributed by atoms with E-state index < -0.39 is 0 Å². The molecule has 1 fully saturated rings. The zero-order valence-corrected chi connectivity index (χ0v) is 18.8. The Morgan fingerprint density at radius 1 is 1.12 bits per heavy atom. The number of nitrogens with zero attached hydrogens (tertiary/aromatic N) is 2. The highest BCUT2D eigenvalue weighted by Gasteiger charge is 2.18. The number of aromatic nitrogens is 1. The first-order valence-electron chi connectivity index (χ1n) is 11.4. The highest BCUT2D eigenvalue weighted by molar-refractivity contribution is 6.06. The first-order chi connectivity index (χ1) is 15.6. The van der Waals surface area contributed by atoms with Gasteiger partial charge in [0.1, 0.15) is 5.75 Å². The van der Waals surface area contributed by atoms with Crippen molar-refractivity contribution in [2.75, 3.05) is 26.7 Å². The van der Waals surface area contributed by atoms with E-state index in [2.05, 4.69) is 17.1 Å². The fourth-order valence-corrected chi connectivity index (χ4v) is 4.49. The molecule has 1 aliphatic rings. The van der Waals surface area contributed by atoms with Gasteiger partial charge < -0.3 is 15.0 Å². The van der Waals surface area contributed by atoms with Gasteiger partial charge in [0.2, 0.25) is 0 Å². The van der Waals surface area contributed by atoms with Crippen molar-refractivity contribution in [3.8, 4) is 11.4 Å². The van der Waals surface area contributed by atoms with Crippen LogP contribution in [0.1, 0.15) is 43.0 Å². The summed E-state index contributed by atoms with van der Waals surface area (Å²) in [5, 5.41) is 4.24. The number of hydrogen-bond donors (Lipinski definition) is 1. The van der Waals surface area contributed by atoms with Crippen molar-refractivity contribution >= 4 is 16.7 Å². The van der Waals surface area contributed by atoms with E-state index in [1.54, 1.807) is 25.4 Å². The van der Waals surface area contributed by atoms with Crippen molar-refractivity contribution in [1.82, 2.24) is 14.8 Å². The summed E-state index contributed by atoms with van der Waals surface area (Å²) >= 11 is 0. The Labute approximate surface area is 188 Å². The Hall–Kier alpha value is -3.12. The van der Waals surface area contributed by atoms with E-state index in [1.807, 2.05) is 36.4 Å². The van der Waals surface area contributed by atoms with E-state index in [1.165, 1.54) is 23.8 Å². The van der Waals surface area contributed by atoms with E-state index >= 15 is 0 Å². The number of benzene rings is 2. The number of fused-ring (bicyclic) bond motifs is 1. The predicted octanol–water partition coefficient (Wildman–Crippen LogP) is 3.99. The number of carbonyl (C=O) groups excluding carboxylic acids is 1. The van der Waals surface area contributed by atoms with Crippen LogP contribution in [0.2, 0.25) is 0 Å². The maximum atomic E-state index is 13.2. The Bertz CT molecular complexity index is 1150. The quantitative estimate of drug-likeness (QED) is 0.572. The molecule has 1 amide bonds. The number of likely N-dealkylation sites (tertiary alicyclic amines) is 1. The smallest absolute Gasteiger partial charge is 0.262 e. The summed E-state index contributed by atoms with van der Waals surface area (Å²) in [6.07, 6.45) is 6.37. The highest BCUT2D eigenvalue weighted by Crippen LogP contribution is 2.20. The van der Waals surface area contributed by atoms with Crippen molar-refractivity contribution in [1.29, 1.82) is 0 Å². The molecule has 0 radical (unpaired) electrons. The number of ether oxygens (including phenoxy) is 1. The summed E-state index contributed by atoms with van der Waals surface area (Å²) in [6, 6.07) is 15.2. The van der Waals surface area contributed by atoms with Crippen LogP contribution < -0.4 is 15.6 Å². The number of pyridine rings is 1. The lowest BCUT2D eigenvalue weighted by Crippen LogP contribution is -2.39. The molecule has 2 heterocycles. The fraction of sp³-hybridized carbons (Fsp3) is 0.385. The van der Waals surface area contributed by atoms with Crippen LogP contribution in [-0.4, -0.2) is 48.2 Å². The van der Waals surface area contributed by atoms with E-state index in [9.17, 15) is 9.59 Å². The van der Waals surface area contributed by atoms with Gasteiger partial charge in [-0.05, 0) is 50.9 Å². The molecule has 1 aliphatic heterocycles. The third-order valence-corrected chi connectivity index (χ3v) is 6.35. The zero-order chi connectivity index (χ0) is 22.5. The van der Waals surface area contributed by atoms with Crippen LogP contribution >= 0.6 is 0 Å². The molecule has 1 N–H and O–H groups in total. The van der Waals surface area contributed by atoms with Gasteiger partial charge in [0.05, 0.1) is 18.4 Å². The van der Waals surface area contributed by atoms with Gasteiger partial charge in [-0.25, -0.2) is 0 Å². The van der Waals surface area contributed by atoms with Crippen molar-refractivity contribution in [3.05, 3.63) is 70.6 Å². The number of rotatable bonds is 7. The number of nitrogens with one attached hydrogen (secondary N) is 1. The third kappa shape index (κ3) is 4.70. The molecule has 1 aromatic heterocycles. The summed E-state index contributed by atoms with van der Waals surface area (Å²) in [5.41, 5.74) is 0.993. The van der Waals surface area contributed by atoms with Crippen molar-refractivity contribution in [2.24, 2.45) is 0 Å². The van der Waals surface area contributed by atoms with Gasteiger partial charge in [0, 0.05) is 42.2 Å². The maximum absolute atomic E-state index is 13.2. The largest absolute Gasteiger partial charge is 0.497 e. The standard InChI is InChI=1S/C26H31N3O3/c1-19-9-5-6-15-28(19)16-8-14-27-25(30)24-18-29(20-10-7-11-21(17-20)32-2)26(31)23-13-4-3-12-22(23)24/h3-4,7,10-13,17-19H,5-6,8-9,14-16H2,1-2H3,(H,27,30). The SMILES string of the molecule is COc1cccc(-n2cc(C(=O)NCCCN3CCCCC3C)c3ccccc3c2=O)c1. The minimum Gasteiger partial charge on any atom is -0.497 e. The molecular weight excluding hydrogens is 402 g/mol. The molecule has 0 aliphatic carbocycles. The third-order valence-electron chi connectivity index (χ3n) is 6.35. The van der Waals surface area contributed by atoms with Gasteiger partial charge in [0.15, 0.2) is 0 Å². The second kappa shape index (κ2) is 10.0. The maximum Gasteiger partial charge on any atom is 0.262 e. The number of methoxy groups -OCH3 is 1. The number of carbonyl (C=O) groups is 1. The van der Waals surface area contributed by atoms with Gasteiger partial charge >= 0.3 is 0 Å². The molecule has 2 aromatic carbocycles. The van der Waals surface area contributed by atoms with Gasteiger partial charge in [-0.3, -0.25) is 14.2 Å². The number of amides is 1. The lowest BCUT2D eigenvalue weighted by atomic mass is 10.0. The molecular formula is C26H31N3O3. The second-order valence-corrected chi connectivity index (χ2v) is 8.46. The summed E-state index contributed by atoms with van der Waals surface area (Å²) in [6.45, 7) is 5.02. The van der Waals surface area contributed by atoms with Crippen LogP contribution in [-0.2, 0) is 0 Å². The minimum absolute atomic E-state index is 0.162. The Balaban J connectivity index is 1.56. The number of hydrogen-bond acceptors (Lipinski definition) is 4. The summed E-state index contributed by atoms with van der Waals surface area (Å²) < 4.78 is 6.83. The molecule has 0 saturated carbocycles. The van der Waals surface area contributed by atoms with Crippen molar-refractivity contribution in [3.63, 3.8) is 0 Å². The monoisotopic (exact) mass is 433 g/mol. The molecule has 4 rings (SSSR count). The average Bonchev–Trinajstić information content (AvgIpc) is 2.83.